The molecule has 0 spiro atoms. The van der Waals surface area contributed by atoms with E-state index in [2.05, 4.69) is 39.9 Å². The molecule has 0 saturated heterocycles. The maximum absolute atomic E-state index is 5.86. The maximum Gasteiger partial charge on any atom is 0.0722 e. The van der Waals surface area contributed by atoms with Crippen LogP contribution in [0.4, 0.5) is 0 Å². The van der Waals surface area contributed by atoms with Gasteiger partial charge in [0.2, 0.25) is 0 Å². The van der Waals surface area contributed by atoms with E-state index in [0.717, 1.165) is 19.7 Å². The Morgan fingerprint density at radius 3 is 2.20 bits per heavy atom. The lowest BCUT2D eigenvalue weighted by Crippen LogP contribution is -2.35. The summed E-state index contributed by atoms with van der Waals surface area (Å²) in [7, 11) is 0. The lowest BCUT2D eigenvalue weighted by molar-refractivity contribution is 0.0211. The summed E-state index contributed by atoms with van der Waals surface area (Å²) in [6.45, 7) is 14.1. The van der Waals surface area contributed by atoms with Gasteiger partial charge in [-0.25, -0.2) is 0 Å². The van der Waals surface area contributed by atoms with Gasteiger partial charge in [0.15, 0.2) is 0 Å². The molecule has 0 amide bonds. The van der Waals surface area contributed by atoms with Crippen LogP contribution in [0.5, 0.6) is 0 Å². The monoisotopic (exact) mass is 215 g/mol. The molecule has 0 aromatic rings. The minimum atomic E-state index is 0.371. The van der Waals surface area contributed by atoms with E-state index >= 15 is 0 Å². The van der Waals surface area contributed by atoms with Crippen molar-refractivity contribution in [2.24, 2.45) is 11.8 Å². The molecule has 0 bridgehead atoms. The van der Waals surface area contributed by atoms with Crippen LogP contribution in [0.1, 0.15) is 47.5 Å². The van der Waals surface area contributed by atoms with Gasteiger partial charge in [-0.3, -0.25) is 0 Å². The van der Waals surface area contributed by atoms with E-state index in [4.69, 9.17) is 4.74 Å². The van der Waals surface area contributed by atoms with E-state index in [9.17, 15) is 0 Å². The zero-order valence-electron chi connectivity index (χ0n) is 11.2. The van der Waals surface area contributed by atoms with Gasteiger partial charge < -0.3 is 10.1 Å². The van der Waals surface area contributed by atoms with Crippen molar-refractivity contribution in [1.82, 2.24) is 5.32 Å². The fourth-order valence-electron chi connectivity index (χ4n) is 1.38. The van der Waals surface area contributed by atoms with Crippen LogP contribution in [0.25, 0.3) is 0 Å². The van der Waals surface area contributed by atoms with Gasteiger partial charge >= 0.3 is 0 Å². The molecule has 92 valence electrons. The van der Waals surface area contributed by atoms with E-state index in [0.29, 0.717) is 17.9 Å². The number of unbranched alkanes of at least 4 members (excludes halogenated alkanes) is 1. The second kappa shape index (κ2) is 9.17. The summed E-state index contributed by atoms with van der Waals surface area (Å²) >= 11 is 0. The molecule has 0 saturated carbocycles. The fraction of sp³-hybridized carbons (Fsp3) is 1.00. The van der Waals surface area contributed by atoms with Crippen molar-refractivity contribution < 1.29 is 4.74 Å². The minimum Gasteiger partial charge on any atom is -0.377 e. The van der Waals surface area contributed by atoms with Crippen LogP contribution in [-0.4, -0.2) is 25.8 Å². The third-order valence-electron chi connectivity index (χ3n) is 2.47. The zero-order chi connectivity index (χ0) is 11.7. The third-order valence-corrected chi connectivity index (χ3v) is 2.47. The van der Waals surface area contributed by atoms with Gasteiger partial charge in [0.25, 0.3) is 0 Å². The van der Waals surface area contributed by atoms with Crippen molar-refractivity contribution in [1.29, 1.82) is 0 Å². The molecule has 0 aromatic carbocycles. The van der Waals surface area contributed by atoms with Gasteiger partial charge in [-0.15, -0.1) is 0 Å². The quantitative estimate of drug-likeness (QED) is 0.597. The van der Waals surface area contributed by atoms with Gasteiger partial charge in [-0.05, 0) is 24.8 Å². The highest BCUT2D eigenvalue weighted by Crippen LogP contribution is 2.06. The molecule has 1 unspecified atom stereocenters. The zero-order valence-corrected chi connectivity index (χ0v) is 11.2. The number of hydrogen-bond donors (Lipinski definition) is 1. The highest BCUT2D eigenvalue weighted by molar-refractivity contribution is 4.66. The molecule has 0 aliphatic heterocycles. The third kappa shape index (κ3) is 8.88. The summed E-state index contributed by atoms with van der Waals surface area (Å²) in [6.07, 6.45) is 2.76. The minimum absolute atomic E-state index is 0.371. The Kier molecular flexibility index (Phi) is 9.12. The lowest BCUT2D eigenvalue weighted by Gasteiger charge is -2.22. The number of ether oxygens (including phenoxy) is 1. The van der Waals surface area contributed by atoms with Gasteiger partial charge in [0.1, 0.15) is 0 Å². The summed E-state index contributed by atoms with van der Waals surface area (Å²) < 4.78 is 5.86. The van der Waals surface area contributed by atoms with Crippen molar-refractivity contribution in [3.05, 3.63) is 0 Å². The van der Waals surface area contributed by atoms with Crippen LogP contribution < -0.4 is 5.32 Å². The van der Waals surface area contributed by atoms with Crippen molar-refractivity contribution >= 4 is 0 Å². The van der Waals surface area contributed by atoms with Crippen molar-refractivity contribution in [3.8, 4) is 0 Å². The Balaban J connectivity index is 3.64. The predicted molar refractivity (Wildman–Crippen MR) is 67.2 cm³/mol. The molecule has 0 fully saturated rings. The van der Waals surface area contributed by atoms with Crippen molar-refractivity contribution in [2.75, 3.05) is 19.7 Å². The van der Waals surface area contributed by atoms with Gasteiger partial charge in [-0.2, -0.15) is 0 Å². The van der Waals surface area contributed by atoms with E-state index in [-0.39, 0.29) is 0 Å². The first kappa shape index (κ1) is 14.9. The molecule has 0 rings (SSSR count). The molecule has 0 radical (unpaired) electrons. The molecule has 0 heterocycles. The highest BCUT2D eigenvalue weighted by Gasteiger charge is 2.12. The Morgan fingerprint density at radius 1 is 1.07 bits per heavy atom. The van der Waals surface area contributed by atoms with E-state index < -0.39 is 0 Å². The first-order chi connectivity index (χ1) is 7.07. The van der Waals surface area contributed by atoms with Crippen LogP contribution in [0.2, 0.25) is 0 Å². The molecule has 1 atom stereocenters. The van der Waals surface area contributed by atoms with Gasteiger partial charge in [0.05, 0.1) is 6.10 Å². The second-order valence-corrected chi connectivity index (χ2v) is 5.06. The molecular formula is C13H29NO. The molecule has 2 nitrogen and oxygen atoms in total. The first-order valence-electron chi connectivity index (χ1n) is 6.40. The topological polar surface area (TPSA) is 21.3 Å². The first-order valence-corrected chi connectivity index (χ1v) is 6.40. The van der Waals surface area contributed by atoms with Crippen LogP contribution in [-0.2, 0) is 4.74 Å². The lowest BCUT2D eigenvalue weighted by atomic mass is 10.1. The molecule has 0 aliphatic carbocycles. The fourth-order valence-corrected chi connectivity index (χ4v) is 1.38. The van der Waals surface area contributed by atoms with Crippen LogP contribution in [0, 0.1) is 11.8 Å². The SMILES string of the molecule is CCCCOC(CNCC(C)C)C(C)C. The van der Waals surface area contributed by atoms with E-state index in [1.165, 1.54) is 12.8 Å². The van der Waals surface area contributed by atoms with Gasteiger partial charge in [0, 0.05) is 13.2 Å². The average molecular weight is 215 g/mol. The molecule has 0 aromatic heterocycles. The molecular weight excluding hydrogens is 186 g/mol. The van der Waals surface area contributed by atoms with Crippen molar-refractivity contribution in [3.63, 3.8) is 0 Å². The summed E-state index contributed by atoms with van der Waals surface area (Å²) in [5.41, 5.74) is 0. The van der Waals surface area contributed by atoms with E-state index in [1.54, 1.807) is 0 Å². The molecule has 15 heavy (non-hydrogen) atoms. The Bertz CT molecular complexity index is 134. The van der Waals surface area contributed by atoms with Crippen LogP contribution in [0.15, 0.2) is 0 Å². The van der Waals surface area contributed by atoms with Crippen molar-refractivity contribution in [2.45, 2.75) is 53.6 Å². The van der Waals surface area contributed by atoms with Crippen LogP contribution in [0.3, 0.4) is 0 Å². The summed E-state index contributed by atoms with van der Waals surface area (Å²) in [5.74, 6) is 1.31. The standard InChI is InChI=1S/C13H29NO/c1-6-7-8-15-13(12(4)5)10-14-9-11(2)3/h11-14H,6-10H2,1-5H3. The number of nitrogens with one attached hydrogen (secondary N) is 1. The Hall–Kier alpha value is -0.0800. The average Bonchev–Trinajstić information content (AvgIpc) is 2.15. The second-order valence-electron chi connectivity index (χ2n) is 5.06. The maximum atomic E-state index is 5.86. The summed E-state index contributed by atoms with van der Waals surface area (Å²) in [5, 5.41) is 3.47. The van der Waals surface area contributed by atoms with Crippen LogP contribution >= 0.6 is 0 Å². The van der Waals surface area contributed by atoms with Gasteiger partial charge in [-0.1, -0.05) is 41.0 Å². The molecule has 0 aliphatic rings. The highest BCUT2D eigenvalue weighted by atomic mass is 16.5. The number of rotatable bonds is 9. The Labute approximate surface area is 95.8 Å². The molecule has 1 N–H and O–H groups in total. The predicted octanol–water partition coefficient (Wildman–Crippen LogP) is 3.07. The largest absolute Gasteiger partial charge is 0.377 e. The molecule has 2 heteroatoms. The summed E-state index contributed by atoms with van der Waals surface area (Å²) in [4.78, 5) is 0. The van der Waals surface area contributed by atoms with E-state index in [1.807, 2.05) is 0 Å². The smallest absolute Gasteiger partial charge is 0.0722 e. The number of hydrogen-bond acceptors (Lipinski definition) is 2. The normalized spacial score (nSPS) is 13.8. The summed E-state index contributed by atoms with van der Waals surface area (Å²) in [6, 6.07) is 0. The Morgan fingerprint density at radius 2 is 1.73 bits per heavy atom.